The Morgan fingerprint density at radius 3 is 2.52 bits per heavy atom. The number of nitrogens with one attached hydrogen (secondary N) is 1. The lowest BCUT2D eigenvalue weighted by molar-refractivity contribution is -0.146. The quantitative estimate of drug-likeness (QED) is 0.605. The highest BCUT2D eigenvalue weighted by molar-refractivity contribution is 7.91. The van der Waals surface area contributed by atoms with Crippen LogP contribution in [0.3, 0.4) is 0 Å². The van der Waals surface area contributed by atoms with Crippen LogP contribution in [-0.2, 0) is 14.8 Å². The number of hydrogen-bond donors (Lipinski definition) is 1. The van der Waals surface area contributed by atoms with Gasteiger partial charge in [0.1, 0.15) is 4.21 Å². The third kappa shape index (κ3) is 3.74. The zero-order chi connectivity index (χ0) is 23.0. The molecule has 8 heteroatoms. The van der Waals surface area contributed by atoms with Crippen molar-refractivity contribution in [3.05, 3.63) is 28.8 Å². The topological polar surface area (TPSA) is 66.5 Å². The van der Waals surface area contributed by atoms with Crippen LogP contribution < -0.4 is 5.32 Å². The maximum Gasteiger partial charge on any atom is 0.252 e. The normalized spacial score (nSPS) is 33.8. The van der Waals surface area contributed by atoms with Crippen LogP contribution in [0, 0.1) is 36.0 Å². The second-order valence-electron chi connectivity index (χ2n) is 11.1. The number of hydrogen-bond acceptors (Lipinski definition) is 4. The smallest absolute Gasteiger partial charge is 0.252 e. The number of halogens is 1. The van der Waals surface area contributed by atoms with Gasteiger partial charge in [0.15, 0.2) is 0 Å². The molecule has 1 N–H and O–H groups in total. The van der Waals surface area contributed by atoms with E-state index in [1.165, 1.54) is 30.6 Å². The Morgan fingerprint density at radius 1 is 1.18 bits per heavy atom. The second-order valence-corrected chi connectivity index (χ2v) is 14.7. The summed E-state index contributed by atoms with van der Waals surface area (Å²) in [5.74, 6) is 2.64. The number of aryl methyl sites for hydroxylation is 1. The molecule has 5 aliphatic rings. The number of thiophene rings is 1. The summed E-state index contributed by atoms with van der Waals surface area (Å²) in [6, 6.07) is 5.53. The van der Waals surface area contributed by atoms with E-state index in [0.717, 1.165) is 59.1 Å². The summed E-state index contributed by atoms with van der Waals surface area (Å²) in [6.07, 6.45) is 7.94. The molecule has 4 saturated carbocycles. The van der Waals surface area contributed by atoms with Gasteiger partial charge in [0.05, 0.1) is 0 Å². The Morgan fingerprint density at radius 2 is 1.85 bits per heavy atom. The summed E-state index contributed by atoms with van der Waals surface area (Å²) in [5, 5.41) is 4.78. The Kier molecular flexibility index (Phi) is 5.37. The predicted octanol–water partition coefficient (Wildman–Crippen LogP) is 5.21. The van der Waals surface area contributed by atoms with Crippen LogP contribution in [0.25, 0.3) is 10.1 Å². The Balaban J connectivity index is 1.12. The number of sulfonamides is 1. The zero-order valence-electron chi connectivity index (χ0n) is 19.0. The van der Waals surface area contributed by atoms with Crippen LogP contribution in [0.5, 0.6) is 0 Å². The first kappa shape index (κ1) is 22.3. The maximum atomic E-state index is 13.4. The Hall–Kier alpha value is -1.15. The van der Waals surface area contributed by atoms with Gasteiger partial charge in [-0.25, -0.2) is 8.42 Å². The third-order valence-electron chi connectivity index (χ3n) is 8.75. The summed E-state index contributed by atoms with van der Waals surface area (Å²) in [5.41, 5.74) is 0.630. The molecule has 2 heterocycles. The van der Waals surface area contributed by atoms with Crippen molar-refractivity contribution < 1.29 is 13.2 Å². The first-order valence-electron chi connectivity index (χ1n) is 12.2. The molecule has 1 amide bonds. The van der Waals surface area contributed by atoms with Crippen LogP contribution in [0.4, 0.5) is 0 Å². The maximum absolute atomic E-state index is 13.4. The van der Waals surface area contributed by atoms with Crippen molar-refractivity contribution in [3.8, 4) is 0 Å². The fraction of sp³-hybridized carbons (Fsp3) is 0.640. The van der Waals surface area contributed by atoms with E-state index in [1.807, 2.05) is 19.1 Å². The minimum atomic E-state index is -3.56. The number of carbonyl (C=O) groups excluding carboxylic acids is 1. The van der Waals surface area contributed by atoms with E-state index in [1.54, 1.807) is 10.4 Å². The third-order valence-corrected chi connectivity index (χ3v) is 12.7. The van der Waals surface area contributed by atoms with E-state index >= 15 is 0 Å². The van der Waals surface area contributed by atoms with Gasteiger partial charge in [-0.3, -0.25) is 4.79 Å². The van der Waals surface area contributed by atoms with Crippen LogP contribution in [-0.4, -0.2) is 38.3 Å². The van der Waals surface area contributed by atoms with Gasteiger partial charge in [-0.2, -0.15) is 4.31 Å². The van der Waals surface area contributed by atoms with Gasteiger partial charge >= 0.3 is 0 Å². The van der Waals surface area contributed by atoms with Gasteiger partial charge in [0.25, 0.3) is 10.0 Å². The summed E-state index contributed by atoms with van der Waals surface area (Å²) in [6.45, 7) is 3.42. The van der Waals surface area contributed by atoms with Crippen molar-refractivity contribution in [1.82, 2.24) is 9.62 Å². The van der Waals surface area contributed by atoms with E-state index in [9.17, 15) is 13.2 Å². The van der Waals surface area contributed by atoms with Crippen LogP contribution >= 0.6 is 22.9 Å². The highest BCUT2D eigenvalue weighted by Crippen LogP contribution is 2.60. The van der Waals surface area contributed by atoms with E-state index in [-0.39, 0.29) is 17.2 Å². The molecular weight excluding hydrogens is 476 g/mol. The lowest BCUT2D eigenvalue weighted by atomic mass is 9.49. The largest absolute Gasteiger partial charge is 0.355 e. The van der Waals surface area contributed by atoms with E-state index in [2.05, 4.69) is 5.32 Å². The number of carbonyl (C=O) groups is 1. The summed E-state index contributed by atoms with van der Waals surface area (Å²) >= 11 is 7.45. The van der Waals surface area contributed by atoms with Crippen LogP contribution in [0.1, 0.15) is 50.5 Å². The molecule has 1 aromatic heterocycles. The average Bonchev–Trinajstić information content (AvgIpc) is 3.37. The second kappa shape index (κ2) is 7.94. The molecule has 1 atom stereocenters. The molecule has 2 aromatic rings. The number of nitrogens with zero attached hydrogens (tertiary/aromatic N) is 1. The molecule has 33 heavy (non-hydrogen) atoms. The van der Waals surface area contributed by atoms with Gasteiger partial charge in [0.2, 0.25) is 5.91 Å². The van der Waals surface area contributed by atoms with Gasteiger partial charge in [0, 0.05) is 34.8 Å². The minimum absolute atomic E-state index is 0.144. The molecule has 4 aliphatic carbocycles. The molecule has 7 rings (SSSR count). The van der Waals surface area contributed by atoms with Crippen molar-refractivity contribution in [2.75, 3.05) is 19.6 Å². The molecular formula is C25H31ClN2O3S2. The van der Waals surface area contributed by atoms with Crippen molar-refractivity contribution >= 4 is 49.0 Å². The molecule has 5 fully saturated rings. The molecule has 178 valence electrons. The monoisotopic (exact) mass is 506 g/mol. The van der Waals surface area contributed by atoms with Crippen molar-refractivity contribution in [3.63, 3.8) is 0 Å². The van der Waals surface area contributed by atoms with Gasteiger partial charge in [-0.1, -0.05) is 11.6 Å². The highest BCUT2D eigenvalue weighted by Gasteiger charge is 2.54. The van der Waals surface area contributed by atoms with Crippen LogP contribution in [0.15, 0.2) is 22.4 Å². The van der Waals surface area contributed by atoms with Crippen molar-refractivity contribution in [2.45, 2.75) is 56.1 Å². The lowest BCUT2D eigenvalue weighted by Crippen LogP contribution is -2.54. The molecule has 1 aliphatic heterocycles. The first-order chi connectivity index (χ1) is 15.7. The summed E-state index contributed by atoms with van der Waals surface area (Å²) < 4.78 is 29.8. The summed E-state index contributed by atoms with van der Waals surface area (Å²) in [4.78, 5) is 13.3. The molecule has 1 aromatic carbocycles. The molecule has 1 saturated heterocycles. The number of amides is 1. The SMILES string of the molecule is Cc1c(S(=O)(=O)N2CCC(CNC(=O)C34CC5CC(CC(C5)C3)C4)C2)sc2ccc(Cl)cc12. The molecule has 5 nitrogen and oxygen atoms in total. The fourth-order valence-electron chi connectivity index (χ4n) is 7.53. The van der Waals surface area contributed by atoms with Gasteiger partial charge in [-0.05, 0) is 105 Å². The van der Waals surface area contributed by atoms with Crippen molar-refractivity contribution in [1.29, 1.82) is 0 Å². The number of rotatable bonds is 5. The highest BCUT2D eigenvalue weighted by atomic mass is 35.5. The average molecular weight is 507 g/mol. The van der Waals surface area contributed by atoms with Gasteiger partial charge in [-0.15, -0.1) is 11.3 Å². The summed E-state index contributed by atoms with van der Waals surface area (Å²) in [7, 11) is -3.56. The number of fused-ring (bicyclic) bond motifs is 1. The predicted molar refractivity (Wildman–Crippen MR) is 132 cm³/mol. The molecule has 1 unspecified atom stereocenters. The van der Waals surface area contributed by atoms with Gasteiger partial charge < -0.3 is 5.32 Å². The first-order valence-corrected chi connectivity index (χ1v) is 14.8. The minimum Gasteiger partial charge on any atom is -0.355 e. The molecule has 0 spiro atoms. The lowest BCUT2D eigenvalue weighted by Gasteiger charge is -2.55. The van der Waals surface area contributed by atoms with E-state index < -0.39 is 10.0 Å². The van der Waals surface area contributed by atoms with E-state index in [4.69, 9.17) is 11.6 Å². The molecule has 0 radical (unpaired) electrons. The molecule has 4 bridgehead atoms. The standard InChI is InChI=1S/C25H31ClN2O3S2/c1-15-21-9-20(26)2-3-22(21)32-23(15)33(30,31)28-5-4-16(14-28)13-27-24(29)25-10-17-6-18(11-25)8-19(7-17)12-25/h2-3,9,16-19H,4-8,10-14H2,1H3,(H,27,29). The zero-order valence-corrected chi connectivity index (χ0v) is 21.4. The number of benzene rings is 1. The van der Waals surface area contributed by atoms with Crippen molar-refractivity contribution in [2.24, 2.45) is 29.1 Å². The fourth-order valence-corrected chi connectivity index (χ4v) is 11.1. The Labute approximate surface area is 204 Å². The Bertz CT molecular complexity index is 1190. The van der Waals surface area contributed by atoms with E-state index in [0.29, 0.717) is 28.9 Å². The van der Waals surface area contributed by atoms with Crippen LogP contribution in [0.2, 0.25) is 5.02 Å².